The fourth-order valence-electron chi connectivity index (χ4n) is 2.18. The largest absolute Gasteiger partial charge is 0.450 e. The molecular formula is C15H29N3O4. The first kappa shape index (κ1) is 18.7. The monoisotopic (exact) mass is 315 g/mol. The van der Waals surface area contributed by atoms with E-state index in [2.05, 4.69) is 10.2 Å². The van der Waals surface area contributed by atoms with E-state index in [-0.39, 0.29) is 18.1 Å². The summed E-state index contributed by atoms with van der Waals surface area (Å²) in [6, 6.07) is 0. The Morgan fingerprint density at radius 2 is 1.86 bits per heavy atom. The predicted molar refractivity (Wildman–Crippen MR) is 83.7 cm³/mol. The van der Waals surface area contributed by atoms with Gasteiger partial charge in [0.25, 0.3) is 0 Å². The Labute approximate surface area is 132 Å². The third-order valence-corrected chi connectivity index (χ3v) is 3.36. The number of carbonyl (C=O) groups is 2. The molecule has 0 atom stereocenters. The molecule has 1 saturated heterocycles. The van der Waals surface area contributed by atoms with Gasteiger partial charge in [0.2, 0.25) is 5.91 Å². The van der Waals surface area contributed by atoms with Crippen LogP contribution in [0.15, 0.2) is 0 Å². The molecule has 0 aromatic rings. The molecule has 0 aromatic carbocycles. The molecule has 7 nitrogen and oxygen atoms in total. The third kappa shape index (κ3) is 7.61. The van der Waals surface area contributed by atoms with Gasteiger partial charge in [-0.1, -0.05) is 0 Å². The average Bonchev–Trinajstić information content (AvgIpc) is 2.47. The van der Waals surface area contributed by atoms with Gasteiger partial charge < -0.3 is 19.7 Å². The molecule has 2 amide bonds. The molecule has 7 heteroatoms. The predicted octanol–water partition coefficient (Wildman–Crippen LogP) is 0.692. The maximum Gasteiger partial charge on any atom is 0.409 e. The molecule has 1 N–H and O–H groups in total. The van der Waals surface area contributed by atoms with E-state index in [1.165, 1.54) is 0 Å². The van der Waals surface area contributed by atoms with E-state index in [1.807, 2.05) is 13.8 Å². The summed E-state index contributed by atoms with van der Waals surface area (Å²) in [5, 5.41) is 2.89. The summed E-state index contributed by atoms with van der Waals surface area (Å²) >= 11 is 0. The van der Waals surface area contributed by atoms with Crippen LogP contribution in [0.4, 0.5) is 4.79 Å². The molecule has 1 rings (SSSR count). The lowest BCUT2D eigenvalue weighted by molar-refractivity contribution is -0.122. The summed E-state index contributed by atoms with van der Waals surface area (Å²) in [4.78, 5) is 27.1. The second-order valence-corrected chi connectivity index (χ2v) is 5.59. The highest BCUT2D eigenvalue weighted by Crippen LogP contribution is 2.03. The van der Waals surface area contributed by atoms with Gasteiger partial charge >= 0.3 is 6.09 Å². The number of amides is 2. The molecule has 0 radical (unpaired) electrons. The Balaban J connectivity index is 2.10. The third-order valence-electron chi connectivity index (χ3n) is 3.36. The molecule has 1 heterocycles. The zero-order valence-electron chi connectivity index (χ0n) is 14.0. The van der Waals surface area contributed by atoms with Crippen LogP contribution in [0.5, 0.6) is 0 Å². The minimum absolute atomic E-state index is 0.0223. The van der Waals surface area contributed by atoms with Crippen molar-refractivity contribution in [3.63, 3.8) is 0 Å². The van der Waals surface area contributed by atoms with Gasteiger partial charge in [0.1, 0.15) is 0 Å². The molecule has 1 aliphatic heterocycles. The number of carbonyl (C=O) groups excluding carboxylic acids is 2. The summed E-state index contributed by atoms with van der Waals surface area (Å²) in [5.74, 6) is 0.0223. The van der Waals surface area contributed by atoms with E-state index in [0.29, 0.717) is 52.5 Å². The van der Waals surface area contributed by atoms with Crippen molar-refractivity contribution in [1.29, 1.82) is 0 Å². The summed E-state index contributed by atoms with van der Waals surface area (Å²) in [6.07, 6.45) is 0.781. The Hall–Kier alpha value is -1.34. The van der Waals surface area contributed by atoms with Crippen molar-refractivity contribution in [2.75, 3.05) is 52.5 Å². The number of hydrogen-bond acceptors (Lipinski definition) is 5. The molecule has 0 saturated carbocycles. The lowest BCUT2D eigenvalue weighted by Gasteiger charge is -2.33. The number of nitrogens with zero attached hydrogens (tertiary/aromatic N) is 2. The molecule has 0 aliphatic carbocycles. The van der Waals surface area contributed by atoms with Crippen LogP contribution in [0.2, 0.25) is 0 Å². The van der Waals surface area contributed by atoms with Crippen molar-refractivity contribution < 1.29 is 19.1 Å². The van der Waals surface area contributed by atoms with Gasteiger partial charge in [0.05, 0.1) is 19.3 Å². The number of ether oxygens (including phenoxy) is 2. The molecule has 0 unspecified atom stereocenters. The van der Waals surface area contributed by atoms with Crippen LogP contribution in [-0.4, -0.2) is 80.4 Å². The zero-order valence-corrected chi connectivity index (χ0v) is 14.0. The van der Waals surface area contributed by atoms with E-state index < -0.39 is 0 Å². The lowest BCUT2D eigenvalue weighted by Crippen LogP contribution is -2.51. The average molecular weight is 315 g/mol. The molecule has 22 heavy (non-hydrogen) atoms. The van der Waals surface area contributed by atoms with E-state index >= 15 is 0 Å². The number of hydrogen-bond donors (Lipinski definition) is 1. The van der Waals surface area contributed by atoms with Crippen LogP contribution < -0.4 is 5.32 Å². The smallest absolute Gasteiger partial charge is 0.409 e. The van der Waals surface area contributed by atoms with Gasteiger partial charge in [-0.2, -0.15) is 0 Å². The van der Waals surface area contributed by atoms with Crippen LogP contribution in [0.25, 0.3) is 0 Å². The zero-order chi connectivity index (χ0) is 16.4. The van der Waals surface area contributed by atoms with Crippen molar-refractivity contribution in [3.05, 3.63) is 0 Å². The maximum atomic E-state index is 11.8. The summed E-state index contributed by atoms with van der Waals surface area (Å²) in [5.41, 5.74) is 0. The SMILES string of the molecule is CCOC(=O)N1CCN(CC(=O)NCCCOC(C)C)CC1. The topological polar surface area (TPSA) is 71.1 Å². The molecule has 0 aromatic heterocycles. The Morgan fingerprint density at radius 3 is 2.45 bits per heavy atom. The summed E-state index contributed by atoms with van der Waals surface area (Å²) in [7, 11) is 0. The summed E-state index contributed by atoms with van der Waals surface area (Å²) in [6.45, 7) is 10.5. The second-order valence-electron chi connectivity index (χ2n) is 5.59. The molecule has 1 fully saturated rings. The molecule has 128 valence electrons. The lowest BCUT2D eigenvalue weighted by atomic mass is 10.3. The van der Waals surface area contributed by atoms with Gasteiger partial charge in [-0.15, -0.1) is 0 Å². The Morgan fingerprint density at radius 1 is 1.18 bits per heavy atom. The van der Waals surface area contributed by atoms with Crippen molar-refractivity contribution in [3.8, 4) is 0 Å². The van der Waals surface area contributed by atoms with Crippen LogP contribution in [-0.2, 0) is 14.3 Å². The van der Waals surface area contributed by atoms with Crippen molar-refractivity contribution in [1.82, 2.24) is 15.1 Å². The number of nitrogens with one attached hydrogen (secondary N) is 1. The standard InChI is InChI=1S/C15H29N3O4/c1-4-21-15(20)18-9-7-17(8-10-18)12-14(19)16-6-5-11-22-13(2)3/h13H,4-12H2,1-3H3,(H,16,19). The molecule has 0 spiro atoms. The van der Waals surface area contributed by atoms with Crippen LogP contribution in [0, 0.1) is 0 Å². The van der Waals surface area contributed by atoms with Crippen molar-refractivity contribution >= 4 is 12.0 Å². The van der Waals surface area contributed by atoms with E-state index in [4.69, 9.17) is 9.47 Å². The first-order chi connectivity index (χ1) is 10.5. The number of rotatable bonds is 8. The Bertz CT molecular complexity index is 342. The van der Waals surface area contributed by atoms with Gasteiger partial charge in [0.15, 0.2) is 0 Å². The molecule has 1 aliphatic rings. The first-order valence-corrected chi connectivity index (χ1v) is 8.05. The van der Waals surface area contributed by atoms with Gasteiger partial charge in [-0.3, -0.25) is 9.69 Å². The normalized spacial score (nSPS) is 15.9. The van der Waals surface area contributed by atoms with Crippen LogP contribution >= 0.6 is 0 Å². The highest BCUT2D eigenvalue weighted by atomic mass is 16.6. The molecular weight excluding hydrogens is 286 g/mol. The van der Waals surface area contributed by atoms with Crippen LogP contribution in [0.1, 0.15) is 27.2 Å². The second kappa shape index (κ2) is 10.4. The minimum atomic E-state index is -0.267. The van der Waals surface area contributed by atoms with Crippen LogP contribution in [0.3, 0.4) is 0 Å². The summed E-state index contributed by atoms with van der Waals surface area (Å²) < 4.78 is 10.4. The van der Waals surface area contributed by atoms with Gasteiger partial charge in [-0.05, 0) is 27.2 Å². The highest BCUT2D eigenvalue weighted by molar-refractivity contribution is 5.78. The first-order valence-electron chi connectivity index (χ1n) is 8.05. The quantitative estimate of drug-likeness (QED) is 0.667. The fraction of sp³-hybridized carbons (Fsp3) is 0.867. The maximum absolute atomic E-state index is 11.8. The van der Waals surface area contributed by atoms with E-state index in [0.717, 1.165) is 6.42 Å². The van der Waals surface area contributed by atoms with Crippen molar-refractivity contribution in [2.24, 2.45) is 0 Å². The van der Waals surface area contributed by atoms with Crippen molar-refractivity contribution in [2.45, 2.75) is 33.3 Å². The highest BCUT2D eigenvalue weighted by Gasteiger charge is 2.22. The number of piperazine rings is 1. The minimum Gasteiger partial charge on any atom is -0.450 e. The Kier molecular flexibility index (Phi) is 8.84. The van der Waals surface area contributed by atoms with E-state index in [9.17, 15) is 9.59 Å². The van der Waals surface area contributed by atoms with Gasteiger partial charge in [0, 0.05) is 39.3 Å². The van der Waals surface area contributed by atoms with Gasteiger partial charge in [-0.25, -0.2) is 4.79 Å². The molecule has 0 bridgehead atoms. The van der Waals surface area contributed by atoms with E-state index in [1.54, 1.807) is 11.8 Å². The fourth-order valence-corrected chi connectivity index (χ4v) is 2.18.